The molecule has 3 unspecified atom stereocenters. The van der Waals surface area contributed by atoms with Gasteiger partial charge in [0.25, 0.3) is 0 Å². The molecule has 0 radical (unpaired) electrons. The number of hydrogen-bond acceptors (Lipinski definition) is 5. The SMILES string of the molecule is COc1ccccc1CNC(=O)C(C)NC1CCN(C(=O)OC(C)(C)C)CC1C. The Morgan fingerprint density at radius 3 is 2.59 bits per heavy atom. The predicted octanol–water partition coefficient (Wildman–Crippen LogP) is 2.94. The normalized spacial score (nSPS) is 20.7. The first-order chi connectivity index (χ1) is 13.6. The fourth-order valence-electron chi connectivity index (χ4n) is 3.47. The Morgan fingerprint density at radius 2 is 1.97 bits per heavy atom. The number of carbonyl (C=O) groups excluding carboxylic acids is 2. The molecule has 0 spiro atoms. The molecule has 7 heteroatoms. The average Bonchev–Trinajstić information content (AvgIpc) is 2.66. The van der Waals surface area contributed by atoms with Crippen LogP contribution in [0.3, 0.4) is 0 Å². The second-order valence-corrected chi connectivity index (χ2v) is 8.72. The van der Waals surface area contributed by atoms with Gasteiger partial charge in [-0.15, -0.1) is 0 Å². The highest BCUT2D eigenvalue weighted by Crippen LogP contribution is 2.20. The van der Waals surface area contributed by atoms with Crippen LogP contribution in [0.25, 0.3) is 0 Å². The third-order valence-corrected chi connectivity index (χ3v) is 5.06. The van der Waals surface area contributed by atoms with E-state index in [-0.39, 0.29) is 30.0 Å². The molecular weight excluding hydrogens is 370 g/mol. The standard InChI is InChI=1S/C22H35N3O4/c1-15-14-25(21(27)29-22(3,4)5)12-11-18(15)24-16(2)20(26)23-13-17-9-7-8-10-19(17)28-6/h7-10,15-16,18,24H,11-14H2,1-6H3,(H,23,26). The number of rotatable bonds is 6. The summed E-state index contributed by atoms with van der Waals surface area (Å²) in [6.07, 6.45) is 0.510. The van der Waals surface area contributed by atoms with Crippen LogP contribution in [0.4, 0.5) is 4.79 Å². The van der Waals surface area contributed by atoms with Gasteiger partial charge in [-0.3, -0.25) is 4.79 Å². The number of nitrogens with zero attached hydrogens (tertiary/aromatic N) is 1. The van der Waals surface area contributed by atoms with Gasteiger partial charge in [-0.2, -0.15) is 0 Å². The maximum Gasteiger partial charge on any atom is 0.410 e. The van der Waals surface area contributed by atoms with Crippen molar-refractivity contribution in [1.29, 1.82) is 0 Å². The Labute approximate surface area is 174 Å². The number of ether oxygens (including phenoxy) is 2. The van der Waals surface area contributed by atoms with Crippen molar-refractivity contribution >= 4 is 12.0 Å². The van der Waals surface area contributed by atoms with E-state index in [0.29, 0.717) is 19.6 Å². The third kappa shape index (κ3) is 6.92. The van der Waals surface area contributed by atoms with Crippen molar-refractivity contribution in [2.45, 2.75) is 65.3 Å². The molecule has 2 rings (SSSR count). The number of carbonyl (C=O) groups is 2. The fourth-order valence-corrected chi connectivity index (χ4v) is 3.47. The fraction of sp³-hybridized carbons (Fsp3) is 0.636. The molecule has 7 nitrogen and oxygen atoms in total. The summed E-state index contributed by atoms with van der Waals surface area (Å²) in [5, 5.41) is 6.38. The van der Waals surface area contributed by atoms with Gasteiger partial charge >= 0.3 is 6.09 Å². The van der Waals surface area contributed by atoms with Crippen LogP contribution < -0.4 is 15.4 Å². The van der Waals surface area contributed by atoms with E-state index >= 15 is 0 Å². The first-order valence-electron chi connectivity index (χ1n) is 10.2. The number of methoxy groups -OCH3 is 1. The molecule has 1 heterocycles. The van der Waals surface area contributed by atoms with Crippen molar-refractivity contribution in [2.24, 2.45) is 5.92 Å². The third-order valence-electron chi connectivity index (χ3n) is 5.06. The number of nitrogens with one attached hydrogen (secondary N) is 2. The van der Waals surface area contributed by atoms with Crippen molar-refractivity contribution in [1.82, 2.24) is 15.5 Å². The molecule has 2 amide bonds. The highest BCUT2D eigenvalue weighted by Gasteiger charge is 2.32. The van der Waals surface area contributed by atoms with Gasteiger partial charge < -0.3 is 25.0 Å². The van der Waals surface area contributed by atoms with Gasteiger partial charge in [0.15, 0.2) is 0 Å². The van der Waals surface area contributed by atoms with E-state index in [1.807, 2.05) is 52.0 Å². The van der Waals surface area contributed by atoms with Gasteiger partial charge in [-0.1, -0.05) is 25.1 Å². The van der Waals surface area contributed by atoms with E-state index in [1.165, 1.54) is 0 Å². The van der Waals surface area contributed by atoms with E-state index in [1.54, 1.807) is 12.0 Å². The summed E-state index contributed by atoms with van der Waals surface area (Å²) in [5.41, 5.74) is 0.443. The second-order valence-electron chi connectivity index (χ2n) is 8.72. The lowest BCUT2D eigenvalue weighted by Crippen LogP contribution is -2.55. The topological polar surface area (TPSA) is 79.9 Å². The van der Waals surface area contributed by atoms with E-state index in [4.69, 9.17) is 9.47 Å². The Balaban J connectivity index is 1.82. The second kappa shape index (κ2) is 9.96. The Kier molecular flexibility index (Phi) is 7.90. The minimum absolute atomic E-state index is 0.0577. The lowest BCUT2D eigenvalue weighted by Gasteiger charge is -2.38. The van der Waals surface area contributed by atoms with Crippen molar-refractivity contribution in [2.75, 3.05) is 20.2 Å². The van der Waals surface area contributed by atoms with Gasteiger partial charge in [0.05, 0.1) is 13.2 Å². The molecule has 1 aliphatic heterocycles. The minimum atomic E-state index is -0.497. The van der Waals surface area contributed by atoms with Crippen LogP contribution in [-0.2, 0) is 16.1 Å². The van der Waals surface area contributed by atoms with Crippen molar-refractivity contribution in [3.63, 3.8) is 0 Å². The molecule has 29 heavy (non-hydrogen) atoms. The van der Waals surface area contributed by atoms with Gasteiger partial charge in [-0.25, -0.2) is 4.79 Å². The number of hydrogen-bond donors (Lipinski definition) is 2. The average molecular weight is 406 g/mol. The number of likely N-dealkylation sites (tertiary alicyclic amines) is 1. The summed E-state index contributed by atoms with van der Waals surface area (Å²) >= 11 is 0. The Bertz CT molecular complexity index is 702. The van der Waals surface area contributed by atoms with Crippen molar-refractivity contribution < 1.29 is 19.1 Å². The van der Waals surface area contributed by atoms with Crippen molar-refractivity contribution in [3.8, 4) is 5.75 Å². The molecule has 1 aliphatic rings. The maximum atomic E-state index is 12.5. The molecule has 162 valence electrons. The van der Waals surface area contributed by atoms with E-state index < -0.39 is 5.60 Å². The summed E-state index contributed by atoms with van der Waals surface area (Å²) < 4.78 is 10.8. The van der Waals surface area contributed by atoms with Crippen molar-refractivity contribution in [3.05, 3.63) is 29.8 Å². The molecule has 2 N–H and O–H groups in total. The zero-order valence-electron chi connectivity index (χ0n) is 18.5. The first kappa shape index (κ1) is 23.0. The molecule has 1 aromatic carbocycles. The van der Waals surface area contributed by atoms with Gasteiger partial charge in [0.2, 0.25) is 5.91 Å². The van der Waals surface area contributed by atoms with Crippen LogP contribution in [0.2, 0.25) is 0 Å². The molecule has 3 atom stereocenters. The smallest absolute Gasteiger partial charge is 0.410 e. The number of benzene rings is 1. The monoisotopic (exact) mass is 405 g/mol. The largest absolute Gasteiger partial charge is 0.496 e. The Hall–Kier alpha value is -2.28. The number of para-hydroxylation sites is 1. The molecule has 1 fully saturated rings. The predicted molar refractivity (Wildman–Crippen MR) is 113 cm³/mol. The Morgan fingerprint density at radius 1 is 1.28 bits per heavy atom. The first-order valence-corrected chi connectivity index (χ1v) is 10.2. The summed E-state index contributed by atoms with van der Waals surface area (Å²) in [4.78, 5) is 26.6. The van der Waals surface area contributed by atoms with Gasteiger partial charge in [-0.05, 0) is 46.1 Å². The van der Waals surface area contributed by atoms with Gasteiger partial charge in [0, 0.05) is 31.2 Å². The summed E-state index contributed by atoms with van der Waals surface area (Å²) in [6, 6.07) is 7.48. The molecular formula is C22H35N3O4. The van der Waals surface area contributed by atoms with E-state index in [2.05, 4.69) is 17.6 Å². The van der Waals surface area contributed by atoms with Crippen LogP contribution in [0.1, 0.15) is 46.6 Å². The summed E-state index contributed by atoms with van der Waals surface area (Å²) in [7, 11) is 1.62. The number of amides is 2. The number of piperidine rings is 1. The zero-order valence-corrected chi connectivity index (χ0v) is 18.5. The van der Waals surface area contributed by atoms with E-state index in [0.717, 1.165) is 17.7 Å². The molecule has 0 aliphatic carbocycles. The van der Waals surface area contributed by atoms with Crippen LogP contribution in [-0.4, -0.2) is 54.8 Å². The zero-order chi connectivity index (χ0) is 21.6. The molecule has 0 aromatic heterocycles. The maximum absolute atomic E-state index is 12.5. The molecule has 1 aromatic rings. The summed E-state index contributed by atoms with van der Waals surface area (Å²) in [5.74, 6) is 0.926. The highest BCUT2D eigenvalue weighted by molar-refractivity contribution is 5.81. The van der Waals surface area contributed by atoms with Crippen LogP contribution >= 0.6 is 0 Å². The summed E-state index contributed by atoms with van der Waals surface area (Å²) in [6.45, 7) is 11.2. The van der Waals surface area contributed by atoms with Crippen LogP contribution in [0, 0.1) is 5.92 Å². The minimum Gasteiger partial charge on any atom is -0.496 e. The van der Waals surface area contributed by atoms with Gasteiger partial charge in [0.1, 0.15) is 11.4 Å². The van der Waals surface area contributed by atoms with Crippen LogP contribution in [0.15, 0.2) is 24.3 Å². The molecule has 0 bridgehead atoms. The van der Waals surface area contributed by atoms with Crippen LogP contribution in [0.5, 0.6) is 5.75 Å². The quantitative estimate of drug-likeness (QED) is 0.761. The molecule has 1 saturated heterocycles. The highest BCUT2D eigenvalue weighted by atomic mass is 16.6. The lowest BCUT2D eigenvalue weighted by atomic mass is 9.93. The lowest BCUT2D eigenvalue weighted by molar-refractivity contribution is -0.123. The van der Waals surface area contributed by atoms with E-state index in [9.17, 15) is 9.59 Å². The molecule has 0 saturated carbocycles.